The summed E-state index contributed by atoms with van der Waals surface area (Å²) in [6.45, 7) is 14.9. The second-order valence-corrected chi connectivity index (χ2v) is 18.2. The minimum atomic E-state index is -4.57. The Morgan fingerprint density at radius 2 is 1.30 bits per heavy atom. The van der Waals surface area contributed by atoms with Crippen molar-refractivity contribution in [1.29, 1.82) is 0 Å². The van der Waals surface area contributed by atoms with Crippen molar-refractivity contribution in [1.82, 2.24) is 0 Å². The van der Waals surface area contributed by atoms with E-state index in [1.807, 2.05) is 13.1 Å². The van der Waals surface area contributed by atoms with Gasteiger partial charge < -0.3 is 23.7 Å². The molecule has 0 aromatic heterocycles. The number of hydrogen-bond acceptors (Lipinski definition) is 9. The first-order valence-electron chi connectivity index (χ1n) is 11.2. The zero-order valence-corrected chi connectivity index (χ0v) is 23.3. The molecule has 3 fully saturated rings. The van der Waals surface area contributed by atoms with Crippen molar-refractivity contribution in [3.8, 4) is 0 Å². The molecule has 0 bridgehead atoms. The van der Waals surface area contributed by atoms with Crippen LogP contribution in [0.5, 0.6) is 0 Å². The molecule has 0 aromatic carbocycles. The van der Waals surface area contributed by atoms with Gasteiger partial charge in [-0.15, -0.1) is 0 Å². The molecule has 0 aliphatic carbocycles. The molecule has 14 heteroatoms. The molecule has 0 saturated carbocycles. The van der Waals surface area contributed by atoms with Crippen LogP contribution in [0.2, 0.25) is 18.1 Å². The van der Waals surface area contributed by atoms with E-state index in [-0.39, 0.29) is 23.7 Å². The highest BCUT2D eigenvalue weighted by Gasteiger charge is 2.53. The summed E-state index contributed by atoms with van der Waals surface area (Å²) in [7, 11) is -11.4. The molecule has 0 aromatic rings. The van der Waals surface area contributed by atoms with Crippen LogP contribution in [0.1, 0.15) is 41.5 Å². The van der Waals surface area contributed by atoms with Crippen LogP contribution in [-0.4, -0.2) is 74.0 Å². The van der Waals surface area contributed by atoms with E-state index in [0.717, 1.165) is 0 Å². The molecule has 0 spiro atoms. The van der Waals surface area contributed by atoms with E-state index in [1.165, 1.54) is 0 Å². The summed E-state index contributed by atoms with van der Waals surface area (Å²) in [5.41, 5.74) is 0. The van der Waals surface area contributed by atoms with Crippen molar-refractivity contribution in [3.63, 3.8) is 0 Å². The molecule has 10 atom stereocenters. The first-order chi connectivity index (χ1) is 14.9. The van der Waals surface area contributed by atoms with Gasteiger partial charge in [0, 0.05) is 5.92 Å². The lowest BCUT2D eigenvalue weighted by Gasteiger charge is -2.40. The lowest BCUT2D eigenvalue weighted by Crippen LogP contribution is -2.49. The van der Waals surface area contributed by atoms with Gasteiger partial charge in [0.25, 0.3) is 0 Å². The third-order valence-corrected chi connectivity index (χ3v) is 13.6. The van der Waals surface area contributed by atoms with Crippen LogP contribution in [0, 0.1) is 5.92 Å². The summed E-state index contributed by atoms with van der Waals surface area (Å²) < 4.78 is 65.1. The van der Waals surface area contributed by atoms with Crippen LogP contribution < -0.4 is 0 Å². The predicted octanol–water partition coefficient (Wildman–Crippen LogP) is 3.61. The van der Waals surface area contributed by atoms with E-state index in [4.69, 9.17) is 32.0 Å². The fourth-order valence-electron chi connectivity index (χ4n) is 3.94. The van der Waals surface area contributed by atoms with Gasteiger partial charge in [-0.2, -0.15) is 0 Å². The van der Waals surface area contributed by atoms with Gasteiger partial charge in [-0.25, -0.2) is 9.13 Å². The topological polar surface area (TPSA) is 139 Å². The van der Waals surface area contributed by atoms with Gasteiger partial charge in [-0.1, -0.05) is 27.7 Å². The van der Waals surface area contributed by atoms with Crippen molar-refractivity contribution in [2.75, 3.05) is 13.2 Å². The summed E-state index contributed by atoms with van der Waals surface area (Å²) in [6.07, 6.45) is -5.29. The standard InChI is InChI=1S/C19H38O11P2Si/c1-11-12(2)26-14-9-24-32(22,23)29-18-15(10-25-31(20,21)28-16(11)14)27-13(3)17(18)30-33(7,8)19(4,5)6/h11-18H,9-10H2,1-8H3,(H,20,21)(H,22,23)/t11?,12-,13-,14+,15+,16+,17+,18?/m0/s1. The molecule has 3 saturated heterocycles. The van der Waals surface area contributed by atoms with Crippen LogP contribution in [0.3, 0.4) is 0 Å². The number of phosphoric acid groups is 2. The number of rotatable bonds is 2. The van der Waals surface area contributed by atoms with E-state index in [1.54, 1.807) is 20.8 Å². The second-order valence-electron chi connectivity index (χ2n) is 10.6. The highest BCUT2D eigenvalue weighted by Crippen LogP contribution is 2.53. The van der Waals surface area contributed by atoms with Crippen molar-refractivity contribution in [2.45, 2.75) is 102 Å². The molecular weight excluding hydrogens is 494 g/mol. The van der Waals surface area contributed by atoms with E-state index >= 15 is 0 Å². The lowest BCUT2D eigenvalue weighted by atomic mass is 10.00. The SMILES string of the molecule is CC1[C@H](C)O[C@@H]2COP(=O)(O)OC3[C@@H](COP(=O)(O)O[C@H]12)O[C@@H](C)[C@H]3O[Si](C)(C)C(C)(C)C. The third-order valence-electron chi connectivity index (χ3n) is 7.11. The summed E-state index contributed by atoms with van der Waals surface area (Å²) in [5, 5.41) is -0.136. The van der Waals surface area contributed by atoms with Gasteiger partial charge in [-0.3, -0.25) is 18.1 Å². The zero-order chi connectivity index (χ0) is 25.0. The van der Waals surface area contributed by atoms with Gasteiger partial charge in [-0.05, 0) is 32.0 Å². The summed E-state index contributed by atoms with van der Waals surface area (Å²) in [5.74, 6) is -0.275. The Morgan fingerprint density at radius 1 is 0.848 bits per heavy atom. The minimum Gasteiger partial charge on any atom is -0.409 e. The van der Waals surface area contributed by atoms with Crippen molar-refractivity contribution in [3.05, 3.63) is 0 Å². The monoisotopic (exact) mass is 532 g/mol. The maximum atomic E-state index is 12.9. The first kappa shape index (κ1) is 27.9. The normalized spacial score (nSPS) is 47.9. The van der Waals surface area contributed by atoms with Gasteiger partial charge in [0.05, 0.1) is 25.4 Å². The van der Waals surface area contributed by atoms with Gasteiger partial charge in [0.15, 0.2) is 8.32 Å². The summed E-state index contributed by atoms with van der Waals surface area (Å²) in [4.78, 5) is 20.8. The maximum Gasteiger partial charge on any atom is 0.472 e. The van der Waals surface area contributed by atoms with E-state index < -0.39 is 67.2 Å². The Kier molecular flexibility index (Phi) is 8.16. The zero-order valence-electron chi connectivity index (χ0n) is 20.5. The largest absolute Gasteiger partial charge is 0.472 e. The smallest absolute Gasteiger partial charge is 0.409 e. The number of phosphoric ester groups is 2. The van der Waals surface area contributed by atoms with E-state index in [0.29, 0.717) is 0 Å². The van der Waals surface area contributed by atoms with Crippen LogP contribution in [0.4, 0.5) is 0 Å². The quantitative estimate of drug-likeness (QED) is 0.398. The van der Waals surface area contributed by atoms with Gasteiger partial charge in [0.2, 0.25) is 0 Å². The molecule has 2 N–H and O–H groups in total. The molecule has 11 nitrogen and oxygen atoms in total. The molecule has 3 rings (SSSR count). The molecule has 4 unspecified atom stereocenters. The lowest BCUT2D eigenvalue weighted by molar-refractivity contribution is -0.0509. The second kappa shape index (κ2) is 9.65. The average Bonchev–Trinajstić information content (AvgIpc) is 3.07. The molecule has 3 aliphatic rings. The van der Waals surface area contributed by atoms with Gasteiger partial charge in [0.1, 0.15) is 30.5 Å². The Morgan fingerprint density at radius 3 is 1.82 bits per heavy atom. The Balaban J connectivity index is 1.88. The minimum absolute atomic E-state index is 0.136. The fourth-order valence-corrected chi connectivity index (χ4v) is 7.29. The van der Waals surface area contributed by atoms with Crippen LogP contribution in [-0.2, 0) is 41.1 Å². The highest BCUT2D eigenvalue weighted by molar-refractivity contribution is 7.47. The average molecular weight is 533 g/mol. The van der Waals surface area contributed by atoms with Crippen molar-refractivity contribution in [2.24, 2.45) is 5.92 Å². The van der Waals surface area contributed by atoms with Crippen LogP contribution in [0.15, 0.2) is 0 Å². The van der Waals surface area contributed by atoms with Crippen LogP contribution >= 0.6 is 15.6 Å². The molecule has 33 heavy (non-hydrogen) atoms. The van der Waals surface area contributed by atoms with Crippen molar-refractivity contribution < 1.29 is 50.9 Å². The molecular formula is C19H38O11P2Si. The third kappa shape index (κ3) is 6.36. The summed E-state index contributed by atoms with van der Waals surface area (Å²) in [6, 6.07) is 0. The van der Waals surface area contributed by atoms with Crippen molar-refractivity contribution >= 4 is 24.0 Å². The molecule has 0 radical (unpaired) electrons. The highest BCUT2D eigenvalue weighted by atomic mass is 31.2. The Bertz CT molecular complexity index is 803. The predicted molar refractivity (Wildman–Crippen MR) is 121 cm³/mol. The maximum absolute atomic E-state index is 12.9. The van der Waals surface area contributed by atoms with Gasteiger partial charge >= 0.3 is 15.6 Å². The fraction of sp³-hybridized carbons (Fsp3) is 1.00. The molecule has 3 heterocycles. The molecule has 3 aliphatic heterocycles. The van der Waals surface area contributed by atoms with E-state index in [2.05, 4.69) is 20.8 Å². The number of ether oxygens (including phenoxy) is 2. The van der Waals surface area contributed by atoms with E-state index in [9.17, 15) is 18.9 Å². The van der Waals surface area contributed by atoms with Crippen LogP contribution in [0.25, 0.3) is 0 Å². The Labute approximate surface area is 196 Å². The number of hydrogen-bond donors (Lipinski definition) is 2. The first-order valence-corrected chi connectivity index (χ1v) is 17.1. The molecule has 0 amide bonds. The summed E-state index contributed by atoms with van der Waals surface area (Å²) >= 11 is 0. The Hall–Kier alpha value is 0.317. The number of fused-ring (bicyclic) bond motifs is 2. The molecule has 194 valence electrons.